The molecule has 2 rings (SSSR count). The van der Waals surface area contributed by atoms with E-state index in [0.29, 0.717) is 0 Å². The van der Waals surface area contributed by atoms with Gasteiger partial charge in [0.05, 0.1) is 0 Å². The lowest BCUT2D eigenvalue weighted by molar-refractivity contribution is 1.14. The van der Waals surface area contributed by atoms with Gasteiger partial charge >= 0.3 is 0 Å². The van der Waals surface area contributed by atoms with Crippen molar-refractivity contribution in [3.63, 3.8) is 0 Å². The summed E-state index contributed by atoms with van der Waals surface area (Å²) in [6.45, 7) is 4.31. The summed E-state index contributed by atoms with van der Waals surface area (Å²) in [4.78, 5) is 0. The standard InChI is InChI=1S/C16H19N/c1-3-12-5-7-14(8-6-12)15-9-10-16(17)13(4-2)11-15/h5-11H,3-4,17H2,1-2H3. The minimum atomic E-state index is 0.890. The van der Waals surface area contributed by atoms with E-state index in [0.717, 1.165) is 18.5 Å². The molecular weight excluding hydrogens is 206 g/mol. The lowest BCUT2D eigenvalue weighted by atomic mass is 9.99. The van der Waals surface area contributed by atoms with Gasteiger partial charge in [-0.1, -0.05) is 44.2 Å². The van der Waals surface area contributed by atoms with E-state index in [1.54, 1.807) is 0 Å². The second kappa shape index (κ2) is 5.05. The highest BCUT2D eigenvalue weighted by Crippen LogP contribution is 2.24. The molecule has 0 unspecified atom stereocenters. The van der Waals surface area contributed by atoms with E-state index in [1.165, 1.54) is 22.3 Å². The van der Waals surface area contributed by atoms with Gasteiger partial charge < -0.3 is 5.73 Å². The number of benzene rings is 2. The first-order valence-electron chi connectivity index (χ1n) is 6.22. The zero-order valence-corrected chi connectivity index (χ0v) is 10.5. The molecule has 0 aromatic heterocycles. The molecular formula is C16H19N. The zero-order chi connectivity index (χ0) is 12.3. The maximum atomic E-state index is 5.92. The minimum Gasteiger partial charge on any atom is -0.399 e. The fourth-order valence-electron chi connectivity index (χ4n) is 2.02. The van der Waals surface area contributed by atoms with Crippen molar-refractivity contribution in [2.45, 2.75) is 26.7 Å². The van der Waals surface area contributed by atoms with Crippen molar-refractivity contribution in [2.24, 2.45) is 0 Å². The minimum absolute atomic E-state index is 0.890. The Morgan fingerprint density at radius 2 is 1.47 bits per heavy atom. The average Bonchev–Trinajstić information content (AvgIpc) is 2.39. The highest BCUT2D eigenvalue weighted by atomic mass is 14.6. The molecule has 2 aromatic rings. The third-order valence-corrected chi connectivity index (χ3v) is 3.22. The van der Waals surface area contributed by atoms with Crippen molar-refractivity contribution in [1.82, 2.24) is 0 Å². The van der Waals surface area contributed by atoms with Gasteiger partial charge in [0.25, 0.3) is 0 Å². The van der Waals surface area contributed by atoms with Gasteiger partial charge in [0.1, 0.15) is 0 Å². The van der Waals surface area contributed by atoms with Crippen LogP contribution in [0, 0.1) is 0 Å². The largest absolute Gasteiger partial charge is 0.399 e. The van der Waals surface area contributed by atoms with Gasteiger partial charge in [0.15, 0.2) is 0 Å². The van der Waals surface area contributed by atoms with Crippen molar-refractivity contribution in [2.75, 3.05) is 5.73 Å². The molecule has 2 aromatic carbocycles. The summed E-state index contributed by atoms with van der Waals surface area (Å²) in [7, 11) is 0. The third-order valence-electron chi connectivity index (χ3n) is 3.22. The molecule has 0 heterocycles. The molecule has 0 saturated heterocycles. The predicted molar refractivity (Wildman–Crippen MR) is 75.0 cm³/mol. The average molecular weight is 225 g/mol. The summed E-state index contributed by atoms with van der Waals surface area (Å²) in [5, 5.41) is 0. The van der Waals surface area contributed by atoms with Gasteiger partial charge in [-0.25, -0.2) is 0 Å². The van der Waals surface area contributed by atoms with Crippen LogP contribution in [0.1, 0.15) is 25.0 Å². The fourth-order valence-corrected chi connectivity index (χ4v) is 2.02. The Balaban J connectivity index is 2.38. The Kier molecular flexibility index (Phi) is 3.48. The van der Waals surface area contributed by atoms with Gasteiger partial charge in [0.2, 0.25) is 0 Å². The predicted octanol–water partition coefficient (Wildman–Crippen LogP) is 4.06. The maximum absolute atomic E-state index is 5.92. The molecule has 0 atom stereocenters. The Hall–Kier alpha value is -1.76. The quantitative estimate of drug-likeness (QED) is 0.783. The van der Waals surface area contributed by atoms with Crippen LogP contribution < -0.4 is 5.73 Å². The van der Waals surface area contributed by atoms with Crippen molar-refractivity contribution in [3.8, 4) is 11.1 Å². The van der Waals surface area contributed by atoms with Crippen LogP contribution in [-0.4, -0.2) is 0 Å². The second-order valence-corrected chi connectivity index (χ2v) is 4.32. The first-order chi connectivity index (χ1) is 8.24. The van der Waals surface area contributed by atoms with Crippen LogP contribution in [0.4, 0.5) is 5.69 Å². The molecule has 0 saturated carbocycles. The Bertz CT molecular complexity index is 497. The molecule has 0 bridgehead atoms. The maximum Gasteiger partial charge on any atom is 0.0346 e. The van der Waals surface area contributed by atoms with Crippen LogP contribution in [0.5, 0.6) is 0 Å². The second-order valence-electron chi connectivity index (χ2n) is 4.32. The van der Waals surface area contributed by atoms with Gasteiger partial charge in [-0.3, -0.25) is 0 Å². The SMILES string of the molecule is CCc1ccc(-c2ccc(N)c(CC)c2)cc1. The number of rotatable bonds is 3. The highest BCUT2D eigenvalue weighted by Gasteiger charge is 2.01. The molecule has 0 aliphatic carbocycles. The van der Waals surface area contributed by atoms with E-state index in [-0.39, 0.29) is 0 Å². The first kappa shape index (κ1) is 11.7. The number of hydrogen-bond donors (Lipinski definition) is 1. The van der Waals surface area contributed by atoms with Crippen LogP contribution in [0.2, 0.25) is 0 Å². The van der Waals surface area contributed by atoms with Crippen molar-refractivity contribution in [3.05, 3.63) is 53.6 Å². The molecule has 0 spiro atoms. The molecule has 0 amide bonds. The van der Waals surface area contributed by atoms with Gasteiger partial charge in [-0.05, 0) is 47.2 Å². The molecule has 2 N–H and O–H groups in total. The van der Waals surface area contributed by atoms with Crippen LogP contribution in [0.3, 0.4) is 0 Å². The Morgan fingerprint density at radius 1 is 0.824 bits per heavy atom. The Morgan fingerprint density at radius 3 is 2.06 bits per heavy atom. The van der Waals surface area contributed by atoms with E-state index in [2.05, 4.69) is 50.2 Å². The number of anilines is 1. The third kappa shape index (κ3) is 2.50. The molecule has 1 heteroatoms. The van der Waals surface area contributed by atoms with E-state index >= 15 is 0 Å². The first-order valence-corrected chi connectivity index (χ1v) is 6.22. The van der Waals surface area contributed by atoms with Gasteiger partial charge in [-0.2, -0.15) is 0 Å². The van der Waals surface area contributed by atoms with E-state index in [9.17, 15) is 0 Å². The number of hydrogen-bond acceptors (Lipinski definition) is 1. The molecule has 0 aliphatic rings. The van der Waals surface area contributed by atoms with Gasteiger partial charge in [-0.15, -0.1) is 0 Å². The highest BCUT2D eigenvalue weighted by molar-refractivity contribution is 5.68. The molecule has 0 fully saturated rings. The smallest absolute Gasteiger partial charge is 0.0346 e. The van der Waals surface area contributed by atoms with E-state index < -0.39 is 0 Å². The number of nitrogen functional groups attached to an aromatic ring is 1. The van der Waals surface area contributed by atoms with E-state index in [4.69, 9.17) is 5.73 Å². The number of nitrogens with two attached hydrogens (primary N) is 1. The van der Waals surface area contributed by atoms with Crippen molar-refractivity contribution >= 4 is 5.69 Å². The fraction of sp³-hybridized carbons (Fsp3) is 0.250. The zero-order valence-electron chi connectivity index (χ0n) is 10.5. The van der Waals surface area contributed by atoms with Crippen LogP contribution >= 0.6 is 0 Å². The molecule has 1 nitrogen and oxygen atoms in total. The van der Waals surface area contributed by atoms with Crippen LogP contribution in [0.15, 0.2) is 42.5 Å². The van der Waals surface area contributed by atoms with Crippen LogP contribution in [0.25, 0.3) is 11.1 Å². The molecule has 0 radical (unpaired) electrons. The lowest BCUT2D eigenvalue weighted by Crippen LogP contribution is -1.93. The molecule has 17 heavy (non-hydrogen) atoms. The summed E-state index contributed by atoms with van der Waals surface area (Å²) in [6.07, 6.45) is 2.06. The van der Waals surface area contributed by atoms with E-state index in [1.807, 2.05) is 6.07 Å². The monoisotopic (exact) mass is 225 g/mol. The van der Waals surface area contributed by atoms with Crippen molar-refractivity contribution < 1.29 is 0 Å². The Labute approximate surface area is 103 Å². The topological polar surface area (TPSA) is 26.0 Å². The summed E-state index contributed by atoms with van der Waals surface area (Å²) >= 11 is 0. The van der Waals surface area contributed by atoms with Gasteiger partial charge in [0, 0.05) is 5.69 Å². The lowest BCUT2D eigenvalue weighted by Gasteiger charge is -2.08. The summed E-state index contributed by atoms with van der Waals surface area (Å²) in [6, 6.07) is 15.0. The van der Waals surface area contributed by atoms with Crippen LogP contribution in [-0.2, 0) is 12.8 Å². The molecule has 88 valence electrons. The van der Waals surface area contributed by atoms with Crippen molar-refractivity contribution in [1.29, 1.82) is 0 Å². The molecule has 0 aliphatic heterocycles. The summed E-state index contributed by atoms with van der Waals surface area (Å²) in [5.41, 5.74) is 11.9. The normalized spacial score (nSPS) is 10.5. The number of aryl methyl sites for hydroxylation is 2. The summed E-state index contributed by atoms with van der Waals surface area (Å²) in [5.74, 6) is 0. The summed E-state index contributed by atoms with van der Waals surface area (Å²) < 4.78 is 0.